The normalized spacial score (nSPS) is 10.4. The van der Waals surface area contributed by atoms with Gasteiger partial charge in [-0.25, -0.2) is 10.2 Å². The molecular weight excluding hydrogens is 306 g/mol. The molecule has 3 amide bonds. The molecule has 122 valence electrons. The molecule has 6 nitrogen and oxygen atoms in total. The van der Waals surface area contributed by atoms with Crippen molar-refractivity contribution in [1.29, 1.82) is 0 Å². The van der Waals surface area contributed by atoms with Crippen molar-refractivity contribution in [2.45, 2.75) is 13.8 Å². The van der Waals surface area contributed by atoms with Gasteiger partial charge in [-0.3, -0.25) is 10.2 Å². The highest BCUT2D eigenvalue weighted by atomic mass is 16.3. The van der Waals surface area contributed by atoms with Crippen LogP contribution in [0.25, 0.3) is 10.8 Å². The first-order valence-corrected chi connectivity index (χ1v) is 7.47. The van der Waals surface area contributed by atoms with Crippen molar-refractivity contribution in [2.24, 2.45) is 0 Å². The van der Waals surface area contributed by atoms with Crippen molar-refractivity contribution >= 4 is 28.4 Å². The van der Waals surface area contributed by atoms with E-state index < -0.39 is 11.9 Å². The Hall–Kier alpha value is -3.28. The number of rotatable bonds is 2. The molecule has 3 rings (SSSR count). The van der Waals surface area contributed by atoms with Crippen LogP contribution in [-0.2, 0) is 0 Å². The zero-order valence-corrected chi connectivity index (χ0v) is 13.3. The molecule has 6 heteroatoms. The third-order valence-electron chi connectivity index (χ3n) is 3.61. The number of hydrogen-bond acceptors (Lipinski definition) is 3. The van der Waals surface area contributed by atoms with E-state index in [2.05, 4.69) is 16.2 Å². The average Bonchev–Trinajstić information content (AvgIpc) is 2.91. The third kappa shape index (κ3) is 3.22. The molecule has 0 saturated heterocycles. The van der Waals surface area contributed by atoms with E-state index >= 15 is 0 Å². The summed E-state index contributed by atoms with van der Waals surface area (Å²) in [6.07, 6.45) is 0. The van der Waals surface area contributed by atoms with E-state index in [9.17, 15) is 9.59 Å². The van der Waals surface area contributed by atoms with E-state index in [-0.39, 0.29) is 0 Å². The summed E-state index contributed by atoms with van der Waals surface area (Å²) < 4.78 is 5.30. The zero-order chi connectivity index (χ0) is 17.1. The largest absolute Gasteiger partial charge is 0.466 e. The van der Waals surface area contributed by atoms with E-state index in [1.54, 1.807) is 26.0 Å². The summed E-state index contributed by atoms with van der Waals surface area (Å²) in [6.45, 7) is 3.45. The number of hydrazine groups is 1. The highest BCUT2D eigenvalue weighted by Gasteiger charge is 2.14. The second-order valence-electron chi connectivity index (χ2n) is 5.39. The number of hydrogen-bond donors (Lipinski definition) is 3. The lowest BCUT2D eigenvalue weighted by atomic mass is 10.1. The number of carbonyl (C=O) groups is 2. The topological polar surface area (TPSA) is 83.4 Å². The Morgan fingerprint density at radius 2 is 1.71 bits per heavy atom. The molecule has 2 aromatic carbocycles. The highest BCUT2D eigenvalue weighted by molar-refractivity contribution is 6.02. The number of fused-ring (bicyclic) bond motifs is 1. The average molecular weight is 323 g/mol. The summed E-state index contributed by atoms with van der Waals surface area (Å²) >= 11 is 0. The Balaban J connectivity index is 1.65. The molecule has 1 aromatic heterocycles. The number of aryl methyl sites for hydroxylation is 2. The monoisotopic (exact) mass is 323 g/mol. The lowest BCUT2D eigenvalue weighted by molar-refractivity contribution is 0.0936. The van der Waals surface area contributed by atoms with E-state index in [1.807, 2.05) is 36.4 Å². The molecule has 0 aliphatic rings. The maximum absolute atomic E-state index is 12.0. The number of urea groups is 1. The van der Waals surface area contributed by atoms with Crippen molar-refractivity contribution < 1.29 is 14.0 Å². The summed E-state index contributed by atoms with van der Waals surface area (Å²) in [5.41, 5.74) is 5.75. The zero-order valence-electron chi connectivity index (χ0n) is 13.3. The molecule has 3 aromatic rings. The fourth-order valence-corrected chi connectivity index (χ4v) is 2.53. The molecule has 0 atom stereocenters. The first-order chi connectivity index (χ1) is 11.5. The number of carbonyl (C=O) groups excluding carboxylic acids is 2. The van der Waals surface area contributed by atoms with E-state index in [4.69, 9.17) is 4.42 Å². The maximum atomic E-state index is 12.0. The smallest absolute Gasteiger partial charge is 0.337 e. The van der Waals surface area contributed by atoms with Gasteiger partial charge in [0.05, 0.1) is 11.3 Å². The van der Waals surface area contributed by atoms with Gasteiger partial charge in [0.1, 0.15) is 11.5 Å². The van der Waals surface area contributed by atoms with Crippen molar-refractivity contribution in [3.8, 4) is 0 Å². The van der Waals surface area contributed by atoms with Crippen LogP contribution in [0.4, 0.5) is 10.5 Å². The molecule has 1 heterocycles. The van der Waals surface area contributed by atoms with Crippen LogP contribution < -0.4 is 16.2 Å². The molecule has 0 aliphatic heterocycles. The minimum atomic E-state index is -0.530. The SMILES string of the molecule is Cc1cc(C(=O)NNC(=O)Nc2cccc3ccccc23)c(C)o1. The van der Waals surface area contributed by atoms with Gasteiger partial charge in [-0.05, 0) is 31.4 Å². The van der Waals surface area contributed by atoms with Crippen LogP contribution in [0.15, 0.2) is 52.9 Å². The predicted molar refractivity (Wildman–Crippen MR) is 91.8 cm³/mol. The standard InChI is InChI=1S/C18H17N3O3/c1-11-10-15(12(2)24-11)17(22)20-21-18(23)19-16-9-5-7-13-6-3-4-8-14(13)16/h3-10H,1-2H3,(H,20,22)(H2,19,21,23). The van der Waals surface area contributed by atoms with Gasteiger partial charge >= 0.3 is 6.03 Å². The first-order valence-electron chi connectivity index (χ1n) is 7.47. The van der Waals surface area contributed by atoms with Crippen LogP contribution in [0, 0.1) is 13.8 Å². The number of benzene rings is 2. The van der Waals surface area contributed by atoms with Gasteiger partial charge in [0.2, 0.25) is 0 Å². The Bertz CT molecular complexity index is 910. The Morgan fingerprint density at radius 1 is 0.958 bits per heavy atom. The number of nitrogens with one attached hydrogen (secondary N) is 3. The summed E-state index contributed by atoms with van der Waals surface area (Å²) in [7, 11) is 0. The molecule has 0 saturated carbocycles. The van der Waals surface area contributed by atoms with Crippen molar-refractivity contribution in [3.05, 3.63) is 65.6 Å². The van der Waals surface area contributed by atoms with Crippen LogP contribution in [-0.4, -0.2) is 11.9 Å². The lowest BCUT2D eigenvalue weighted by Crippen LogP contribution is -2.44. The summed E-state index contributed by atoms with van der Waals surface area (Å²) in [6, 6.07) is 14.4. The van der Waals surface area contributed by atoms with Gasteiger partial charge in [-0.2, -0.15) is 0 Å². The number of furan rings is 1. The molecular formula is C18H17N3O3. The second-order valence-corrected chi connectivity index (χ2v) is 5.39. The van der Waals surface area contributed by atoms with Crippen LogP contribution in [0.2, 0.25) is 0 Å². The fraction of sp³-hybridized carbons (Fsp3) is 0.111. The molecule has 24 heavy (non-hydrogen) atoms. The first kappa shape index (κ1) is 15.6. The lowest BCUT2D eigenvalue weighted by Gasteiger charge is -2.10. The molecule has 0 unspecified atom stereocenters. The Morgan fingerprint density at radius 3 is 2.46 bits per heavy atom. The van der Waals surface area contributed by atoms with Gasteiger partial charge in [0, 0.05) is 5.39 Å². The molecule has 0 aliphatic carbocycles. The van der Waals surface area contributed by atoms with Crippen LogP contribution in [0.3, 0.4) is 0 Å². The molecule has 0 radical (unpaired) electrons. The Kier molecular flexibility index (Phi) is 4.20. The quantitative estimate of drug-likeness (QED) is 0.631. The van der Waals surface area contributed by atoms with Crippen molar-refractivity contribution in [3.63, 3.8) is 0 Å². The minimum Gasteiger partial charge on any atom is -0.466 e. The van der Waals surface area contributed by atoms with E-state index in [0.29, 0.717) is 22.8 Å². The minimum absolute atomic E-state index is 0.387. The van der Waals surface area contributed by atoms with E-state index in [1.165, 1.54) is 0 Å². The highest BCUT2D eigenvalue weighted by Crippen LogP contribution is 2.22. The van der Waals surface area contributed by atoms with Crippen molar-refractivity contribution in [2.75, 3.05) is 5.32 Å². The summed E-state index contributed by atoms with van der Waals surface area (Å²) in [4.78, 5) is 24.1. The molecule has 0 fully saturated rings. The summed E-state index contributed by atoms with van der Waals surface area (Å²) in [5, 5.41) is 4.66. The van der Waals surface area contributed by atoms with Gasteiger partial charge < -0.3 is 9.73 Å². The molecule has 0 bridgehead atoms. The maximum Gasteiger partial charge on any atom is 0.337 e. The molecule has 0 spiro atoms. The third-order valence-corrected chi connectivity index (χ3v) is 3.61. The Labute approximate surface area is 138 Å². The van der Waals surface area contributed by atoms with Crippen LogP contribution >= 0.6 is 0 Å². The van der Waals surface area contributed by atoms with Gasteiger partial charge in [-0.1, -0.05) is 36.4 Å². The van der Waals surface area contributed by atoms with Crippen molar-refractivity contribution in [1.82, 2.24) is 10.9 Å². The van der Waals surface area contributed by atoms with Gasteiger partial charge in [0.25, 0.3) is 5.91 Å². The second kappa shape index (κ2) is 6.45. The number of anilines is 1. The number of amides is 3. The molecule has 3 N–H and O–H groups in total. The van der Waals surface area contributed by atoms with Gasteiger partial charge in [0.15, 0.2) is 0 Å². The van der Waals surface area contributed by atoms with E-state index in [0.717, 1.165) is 10.8 Å². The fourth-order valence-electron chi connectivity index (χ4n) is 2.53. The van der Waals surface area contributed by atoms with Crippen LogP contribution in [0.5, 0.6) is 0 Å². The predicted octanol–water partition coefficient (Wildman–Crippen LogP) is 3.52. The van der Waals surface area contributed by atoms with Crippen LogP contribution in [0.1, 0.15) is 21.9 Å². The summed E-state index contributed by atoms with van der Waals surface area (Å²) in [5.74, 6) is 0.705. The van der Waals surface area contributed by atoms with Gasteiger partial charge in [-0.15, -0.1) is 0 Å².